The fourth-order valence-corrected chi connectivity index (χ4v) is 1.81. The maximum Gasteiger partial charge on any atom is 0.271 e. The predicted molar refractivity (Wildman–Crippen MR) is 66.0 cm³/mol. The number of nitrogens with one attached hydrogen (secondary N) is 1. The third-order valence-electron chi connectivity index (χ3n) is 2.61. The molecule has 0 saturated heterocycles. The summed E-state index contributed by atoms with van der Waals surface area (Å²) in [6, 6.07) is 3.08. The zero-order valence-electron chi connectivity index (χ0n) is 9.56. The lowest BCUT2D eigenvalue weighted by atomic mass is 10.1. The van der Waals surface area contributed by atoms with E-state index >= 15 is 0 Å². The normalized spacial score (nSPS) is 10.6. The second-order valence-electron chi connectivity index (χ2n) is 3.79. The minimum absolute atomic E-state index is 0.0839. The van der Waals surface area contributed by atoms with Crippen molar-refractivity contribution in [3.8, 4) is 0 Å². The van der Waals surface area contributed by atoms with Crippen LogP contribution in [0.15, 0.2) is 24.8 Å². The molecule has 17 heavy (non-hydrogen) atoms. The molecule has 0 spiro atoms. The van der Waals surface area contributed by atoms with Gasteiger partial charge in [0.15, 0.2) is 0 Å². The predicted octanol–water partition coefficient (Wildman–Crippen LogP) is 2.76. The monoisotopic (exact) mass is 231 g/mol. The summed E-state index contributed by atoms with van der Waals surface area (Å²) in [5.41, 5.74) is 2.43. The molecule has 88 valence electrons. The lowest BCUT2D eigenvalue weighted by Gasteiger charge is -1.98. The lowest BCUT2D eigenvalue weighted by molar-refractivity contribution is -0.384. The van der Waals surface area contributed by atoms with E-state index < -0.39 is 4.92 Å². The van der Waals surface area contributed by atoms with Crippen LogP contribution >= 0.6 is 0 Å². The van der Waals surface area contributed by atoms with Gasteiger partial charge in [-0.05, 0) is 12.0 Å². The van der Waals surface area contributed by atoms with Crippen molar-refractivity contribution >= 4 is 16.7 Å². The molecule has 0 fully saturated rings. The van der Waals surface area contributed by atoms with Gasteiger partial charge >= 0.3 is 0 Å². The molecular formula is C12H13N3O2. The standard InChI is InChI=1S/C12H13N3O2/c1-3-5-8-6-9(15(16)17)7-10-12(8)14-11(4-2)13-10/h3,6-7H,1,4-5H2,2H3,(H,13,14). The highest BCUT2D eigenvalue weighted by atomic mass is 16.6. The molecule has 0 amide bonds. The molecule has 0 unspecified atom stereocenters. The number of non-ortho nitro benzene ring substituents is 1. The highest BCUT2D eigenvalue weighted by Gasteiger charge is 2.13. The molecule has 0 radical (unpaired) electrons. The maximum absolute atomic E-state index is 10.8. The Morgan fingerprint density at radius 3 is 2.94 bits per heavy atom. The summed E-state index contributed by atoms with van der Waals surface area (Å²) < 4.78 is 0. The van der Waals surface area contributed by atoms with Gasteiger partial charge in [-0.15, -0.1) is 6.58 Å². The Labute approximate surface area is 98.3 Å². The number of hydrogen-bond donors (Lipinski definition) is 1. The highest BCUT2D eigenvalue weighted by Crippen LogP contribution is 2.24. The Bertz CT molecular complexity index is 587. The van der Waals surface area contributed by atoms with Gasteiger partial charge in [0.25, 0.3) is 5.69 Å². The number of nitrogens with zero attached hydrogens (tertiary/aromatic N) is 2. The number of aryl methyl sites for hydroxylation is 1. The fraction of sp³-hybridized carbons (Fsp3) is 0.250. The van der Waals surface area contributed by atoms with Gasteiger partial charge in [0.1, 0.15) is 5.82 Å². The van der Waals surface area contributed by atoms with Crippen molar-refractivity contribution in [2.45, 2.75) is 19.8 Å². The van der Waals surface area contributed by atoms with E-state index in [9.17, 15) is 10.1 Å². The smallest absolute Gasteiger partial charge is 0.271 e. The van der Waals surface area contributed by atoms with E-state index in [2.05, 4.69) is 16.5 Å². The lowest BCUT2D eigenvalue weighted by Crippen LogP contribution is -1.91. The molecule has 0 aliphatic rings. The molecule has 0 atom stereocenters. The first kappa shape index (κ1) is 11.3. The zero-order valence-corrected chi connectivity index (χ0v) is 9.56. The quantitative estimate of drug-likeness (QED) is 0.499. The molecule has 1 aromatic heterocycles. The summed E-state index contributed by atoms with van der Waals surface area (Å²) in [6.45, 7) is 5.64. The van der Waals surface area contributed by atoms with Gasteiger partial charge in [-0.1, -0.05) is 13.0 Å². The van der Waals surface area contributed by atoms with Crippen LogP contribution in [0.5, 0.6) is 0 Å². The van der Waals surface area contributed by atoms with Crippen molar-refractivity contribution in [1.29, 1.82) is 0 Å². The molecule has 2 rings (SSSR count). The van der Waals surface area contributed by atoms with Crippen LogP contribution in [0.4, 0.5) is 5.69 Å². The molecule has 5 heteroatoms. The fourth-order valence-electron chi connectivity index (χ4n) is 1.81. The number of aromatic nitrogens is 2. The minimum Gasteiger partial charge on any atom is -0.342 e. The van der Waals surface area contributed by atoms with Crippen LogP contribution in [0.1, 0.15) is 18.3 Å². The Kier molecular flexibility index (Phi) is 2.91. The summed E-state index contributed by atoms with van der Waals surface area (Å²) >= 11 is 0. The second-order valence-corrected chi connectivity index (χ2v) is 3.79. The molecule has 0 aliphatic heterocycles. The largest absolute Gasteiger partial charge is 0.342 e. The SMILES string of the molecule is C=CCc1cc([N+](=O)[O-])cc2[nH]c(CC)nc12. The van der Waals surface area contributed by atoms with Gasteiger partial charge < -0.3 is 4.98 Å². The highest BCUT2D eigenvalue weighted by molar-refractivity contribution is 5.82. The molecule has 2 aromatic rings. The Hall–Kier alpha value is -2.17. The van der Waals surface area contributed by atoms with Crippen molar-refractivity contribution in [3.63, 3.8) is 0 Å². The van der Waals surface area contributed by atoms with E-state index in [0.717, 1.165) is 23.3 Å². The number of nitro groups is 1. The third-order valence-corrected chi connectivity index (χ3v) is 2.61. The number of imidazole rings is 1. The molecule has 0 bridgehead atoms. The van der Waals surface area contributed by atoms with Crippen LogP contribution in [0.2, 0.25) is 0 Å². The van der Waals surface area contributed by atoms with Crippen LogP contribution in [-0.2, 0) is 12.8 Å². The first-order valence-corrected chi connectivity index (χ1v) is 5.42. The molecular weight excluding hydrogens is 218 g/mol. The molecule has 1 aromatic carbocycles. The number of benzene rings is 1. The van der Waals surface area contributed by atoms with Crippen molar-refractivity contribution in [2.75, 3.05) is 0 Å². The number of H-pyrrole nitrogens is 1. The van der Waals surface area contributed by atoms with Crippen LogP contribution in [0.3, 0.4) is 0 Å². The van der Waals surface area contributed by atoms with E-state index in [1.165, 1.54) is 6.07 Å². The number of nitro benzene ring substituents is 1. The van der Waals surface area contributed by atoms with Crippen LogP contribution in [0, 0.1) is 10.1 Å². The third kappa shape index (κ3) is 2.04. The van der Waals surface area contributed by atoms with E-state index in [0.29, 0.717) is 11.9 Å². The van der Waals surface area contributed by atoms with E-state index in [-0.39, 0.29) is 5.69 Å². The van der Waals surface area contributed by atoms with Gasteiger partial charge in [-0.2, -0.15) is 0 Å². The topological polar surface area (TPSA) is 71.8 Å². The van der Waals surface area contributed by atoms with Crippen molar-refractivity contribution in [3.05, 3.63) is 46.3 Å². The molecule has 0 aliphatic carbocycles. The molecule has 1 heterocycles. The van der Waals surface area contributed by atoms with Crippen LogP contribution < -0.4 is 0 Å². The van der Waals surface area contributed by atoms with Gasteiger partial charge in [0, 0.05) is 18.6 Å². The van der Waals surface area contributed by atoms with E-state index in [4.69, 9.17) is 0 Å². The Morgan fingerprint density at radius 1 is 1.59 bits per heavy atom. The first-order chi connectivity index (χ1) is 8.15. The molecule has 5 nitrogen and oxygen atoms in total. The Balaban J connectivity index is 2.68. The van der Waals surface area contributed by atoms with Crippen LogP contribution in [-0.4, -0.2) is 14.9 Å². The van der Waals surface area contributed by atoms with Gasteiger partial charge in [0.2, 0.25) is 0 Å². The number of hydrogen-bond acceptors (Lipinski definition) is 3. The second kappa shape index (κ2) is 4.37. The van der Waals surface area contributed by atoms with E-state index in [1.807, 2.05) is 6.92 Å². The zero-order chi connectivity index (χ0) is 12.4. The summed E-state index contributed by atoms with van der Waals surface area (Å²) in [6.07, 6.45) is 3.07. The number of fused-ring (bicyclic) bond motifs is 1. The minimum atomic E-state index is -0.390. The summed E-state index contributed by atoms with van der Waals surface area (Å²) in [4.78, 5) is 17.9. The maximum atomic E-state index is 10.8. The van der Waals surface area contributed by atoms with Crippen molar-refractivity contribution < 1.29 is 4.92 Å². The summed E-state index contributed by atoms with van der Waals surface area (Å²) in [5, 5.41) is 10.8. The summed E-state index contributed by atoms with van der Waals surface area (Å²) in [7, 11) is 0. The van der Waals surface area contributed by atoms with Gasteiger partial charge in [-0.25, -0.2) is 4.98 Å². The Morgan fingerprint density at radius 2 is 2.35 bits per heavy atom. The number of allylic oxidation sites excluding steroid dienone is 1. The average Bonchev–Trinajstić information content (AvgIpc) is 2.72. The first-order valence-electron chi connectivity index (χ1n) is 5.42. The average molecular weight is 231 g/mol. The van der Waals surface area contributed by atoms with Crippen molar-refractivity contribution in [1.82, 2.24) is 9.97 Å². The van der Waals surface area contributed by atoms with E-state index in [1.54, 1.807) is 12.1 Å². The number of rotatable bonds is 4. The van der Waals surface area contributed by atoms with Gasteiger partial charge in [0.05, 0.1) is 16.0 Å². The number of aromatic amines is 1. The van der Waals surface area contributed by atoms with Crippen molar-refractivity contribution in [2.24, 2.45) is 0 Å². The molecule has 1 N–H and O–H groups in total. The van der Waals surface area contributed by atoms with Crippen LogP contribution in [0.25, 0.3) is 11.0 Å². The summed E-state index contributed by atoms with van der Waals surface area (Å²) in [5.74, 6) is 0.839. The van der Waals surface area contributed by atoms with Gasteiger partial charge in [-0.3, -0.25) is 10.1 Å². The molecule has 0 saturated carbocycles.